The van der Waals surface area contributed by atoms with Crippen molar-refractivity contribution in [3.8, 4) is 5.75 Å². The standard InChI is InChI=1S/C17H20N2O/c1-4-10-20-13-6-7-14-15-8-9-18-12(3)17(15)19(5-2)16(14)11-13/h6-9,11H,4-5,10H2,1-3H3. The lowest BCUT2D eigenvalue weighted by Gasteiger charge is -2.07. The van der Waals surface area contributed by atoms with Crippen molar-refractivity contribution in [2.24, 2.45) is 0 Å². The summed E-state index contributed by atoms with van der Waals surface area (Å²) in [7, 11) is 0. The number of fused-ring (bicyclic) bond motifs is 3. The molecule has 0 spiro atoms. The summed E-state index contributed by atoms with van der Waals surface area (Å²) in [5.74, 6) is 0.947. The topological polar surface area (TPSA) is 27.1 Å². The molecule has 3 aromatic rings. The van der Waals surface area contributed by atoms with E-state index in [4.69, 9.17) is 4.74 Å². The van der Waals surface area contributed by atoms with Crippen molar-refractivity contribution >= 4 is 21.8 Å². The molecule has 0 aliphatic heterocycles. The van der Waals surface area contributed by atoms with Gasteiger partial charge in [-0.15, -0.1) is 0 Å². The maximum Gasteiger partial charge on any atom is 0.121 e. The Bertz CT molecular complexity index is 758. The first-order valence-electron chi connectivity index (χ1n) is 7.26. The molecule has 0 saturated carbocycles. The van der Waals surface area contributed by atoms with Crippen LogP contribution < -0.4 is 4.74 Å². The van der Waals surface area contributed by atoms with Gasteiger partial charge in [0.05, 0.1) is 23.3 Å². The smallest absolute Gasteiger partial charge is 0.121 e. The predicted octanol–water partition coefficient (Wildman–Crippen LogP) is 4.31. The summed E-state index contributed by atoms with van der Waals surface area (Å²) < 4.78 is 8.09. The van der Waals surface area contributed by atoms with Crippen LogP contribution in [0.4, 0.5) is 0 Å². The molecule has 1 aromatic carbocycles. The molecule has 104 valence electrons. The maximum atomic E-state index is 5.76. The fourth-order valence-corrected chi connectivity index (χ4v) is 2.84. The third-order valence-corrected chi connectivity index (χ3v) is 3.72. The Morgan fingerprint density at radius 2 is 2.00 bits per heavy atom. The van der Waals surface area contributed by atoms with Crippen molar-refractivity contribution in [3.05, 3.63) is 36.2 Å². The van der Waals surface area contributed by atoms with Gasteiger partial charge in [0.1, 0.15) is 5.75 Å². The number of hydrogen-bond acceptors (Lipinski definition) is 2. The van der Waals surface area contributed by atoms with Crippen LogP contribution in [0.25, 0.3) is 21.8 Å². The Morgan fingerprint density at radius 1 is 1.15 bits per heavy atom. The van der Waals surface area contributed by atoms with E-state index in [0.29, 0.717) is 0 Å². The second kappa shape index (κ2) is 5.16. The number of hydrogen-bond donors (Lipinski definition) is 0. The van der Waals surface area contributed by atoms with Gasteiger partial charge in [-0.1, -0.05) is 6.92 Å². The van der Waals surface area contributed by atoms with Gasteiger partial charge in [-0.05, 0) is 38.5 Å². The zero-order valence-electron chi connectivity index (χ0n) is 12.3. The molecule has 0 N–H and O–H groups in total. The monoisotopic (exact) mass is 268 g/mol. The summed E-state index contributed by atoms with van der Waals surface area (Å²) in [5.41, 5.74) is 3.54. The Morgan fingerprint density at radius 3 is 2.75 bits per heavy atom. The summed E-state index contributed by atoms with van der Waals surface area (Å²) >= 11 is 0. The molecule has 0 aliphatic carbocycles. The van der Waals surface area contributed by atoms with Crippen molar-refractivity contribution in [1.82, 2.24) is 9.55 Å². The number of ether oxygens (including phenoxy) is 1. The number of rotatable bonds is 4. The molecule has 0 amide bonds. The first-order valence-corrected chi connectivity index (χ1v) is 7.26. The minimum Gasteiger partial charge on any atom is -0.494 e. The van der Waals surface area contributed by atoms with E-state index in [2.05, 4.69) is 54.6 Å². The molecule has 3 nitrogen and oxygen atoms in total. The van der Waals surface area contributed by atoms with Gasteiger partial charge in [0.15, 0.2) is 0 Å². The average Bonchev–Trinajstić information content (AvgIpc) is 2.79. The fraction of sp³-hybridized carbons (Fsp3) is 0.353. The Balaban J connectivity index is 2.28. The van der Waals surface area contributed by atoms with Crippen LogP contribution >= 0.6 is 0 Å². The van der Waals surface area contributed by atoms with Crippen LogP contribution in [0.3, 0.4) is 0 Å². The van der Waals surface area contributed by atoms with Gasteiger partial charge in [0.2, 0.25) is 0 Å². The van der Waals surface area contributed by atoms with Crippen molar-refractivity contribution < 1.29 is 4.74 Å². The SMILES string of the molecule is CCCOc1ccc2c3ccnc(C)c3n(CC)c2c1. The molecule has 20 heavy (non-hydrogen) atoms. The van der Waals surface area contributed by atoms with E-state index >= 15 is 0 Å². The molecular formula is C17H20N2O. The van der Waals surface area contributed by atoms with Gasteiger partial charge in [0.25, 0.3) is 0 Å². The third-order valence-electron chi connectivity index (χ3n) is 3.72. The third kappa shape index (κ3) is 1.94. The Hall–Kier alpha value is -2.03. The number of pyridine rings is 1. The quantitative estimate of drug-likeness (QED) is 0.705. The van der Waals surface area contributed by atoms with E-state index in [0.717, 1.165) is 31.0 Å². The highest BCUT2D eigenvalue weighted by molar-refractivity contribution is 6.08. The van der Waals surface area contributed by atoms with E-state index in [1.807, 2.05) is 6.20 Å². The van der Waals surface area contributed by atoms with E-state index in [9.17, 15) is 0 Å². The van der Waals surface area contributed by atoms with Gasteiger partial charge >= 0.3 is 0 Å². The van der Waals surface area contributed by atoms with Crippen LogP contribution in [-0.4, -0.2) is 16.2 Å². The molecular weight excluding hydrogens is 248 g/mol. The summed E-state index contributed by atoms with van der Waals surface area (Å²) in [5, 5.41) is 2.55. The largest absolute Gasteiger partial charge is 0.494 e. The summed E-state index contributed by atoms with van der Waals surface area (Å²) in [6, 6.07) is 8.47. The number of aryl methyl sites for hydroxylation is 2. The first kappa shape index (κ1) is 13.0. The normalized spacial score (nSPS) is 11.3. The van der Waals surface area contributed by atoms with Crippen molar-refractivity contribution in [2.75, 3.05) is 6.61 Å². The Labute approximate surface area is 119 Å². The van der Waals surface area contributed by atoms with E-state index < -0.39 is 0 Å². The maximum absolute atomic E-state index is 5.76. The minimum absolute atomic E-state index is 0.762. The van der Waals surface area contributed by atoms with Gasteiger partial charge in [-0.3, -0.25) is 4.98 Å². The molecule has 0 saturated heterocycles. The molecule has 2 aromatic heterocycles. The second-order valence-electron chi connectivity index (χ2n) is 5.06. The summed E-state index contributed by atoms with van der Waals surface area (Å²) in [4.78, 5) is 4.43. The van der Waals surface area contributed by atoms with Gasteiger partial charge in [-0.2, -0.15) is 0 Å². The van der Waals surface area contributed by atoms with Crippen LogP contribution in [0.5, 0.6) is 5.75 Å². The molecule has 0 unspecified atom stereocenters. The van der Waals surface area contributed by atoms with Crippen molar-refractivity contribution in [3.63, 3.8) is 0 Å². The van der Waals surface area contributed by atoms with Crippen LogP contribution in [0.2, 0.25) is 0 Å². The van der Waals surface area contributed by atoms with Crippen LogP contribution in [-0.2, 0) is 6.54 Å². The van der Waals surface area contributed by atoms with Crippen molar-refractivity contribution in [2.45, 2.75) is 33.7 Å². The lowest BCUT2D eigenvalue weighted by Crippen LogP contribution is -1.97. The molecule has 0 fully saturated rings. The molecule has 0 aliphatic rings. The number of benzene rings is 1. The highest BCUT2D eigenvalue weighted by atomic mass is 16.5. The van der Waals surface area contributed by atoms with Gasteiger partial charge < -0.3 is 9.30 Å². The zero-order valence-corrected chi connectivity index (χ0v) is 12.3. The molecule has 3 rings (SSSR count). The van der Waals surface area contributed by atoms with Gasteiger partial charge in [0, 0.05) is 29.6 Å². The highest BCUT2D eigenvalue weighted by Crippen LogP contribution is 2.32. The summed E-state index contributed by atoms with van der Waals surface area (Å²) in [6.07, 6.45) is 2.91. The van der Waals surface area contributed by atoms with E-state index in [-0.39, 0.29) is 0 Å². The molecule has 3 heteroatoms. The summed E-state index contributed by atoms with van der Waals surface area (Å²) in [6.45, 7) is 8.06. The van der Waals surface area contributed by atoms with Gasteiger partial charge in [-0.25, -0.2) is 0 Å². The van der Waals surface area contributed by atoms with Crippen LogP contribution in [0.15, 0.2) is 30.5 Å². The van der Waals surface area contributed by atoms with E-state index in [1.165, 1.54) is 21.8 Å². The van der Waals surface area contributed by atoms with E-state index in [1.54, 1.807) is 0 Å². The zero-order chi connectivity index (χ0) is 14.1. The lowest BCUT2D eigenvalue weighted by atomic mass is 10.1. The lowest BCUT2D eigenvalue weighted by molar-refractivity contribution is 0.318. The first-order chi connectivity index (χ1) is 9.76. The molecule has 0 atom stereocenters. The predicted molar refractivity (Wildman–Crippen MR) is 83.4 cm³/mol. The highest BCUT2D eigenvalue weighted by Gasteiger charge is 2.12. The second-order valence-corrected chi connectivity index (χ2v) is 5.06. The van der Waals surface area contributed by atoms with Crippen molar-refractivity contribution in [1.29, 1.82) is 0 Å². The minimum atomic E-state index is 0.762. The number of aromatic nitrogens is 2. The fourth-order valence-electron chi connectivity index (χ4n) is 2.84. The molecule has 0 radical (unpaired) electrons. The van der Waals surface area contributed by atoms with Crippen LogP contribution in [0.1, 0.15) is 26.0 Å². The van der Waals surface area contributed by atoms with Crippen LogP contribution in [0, 0.1) is 6.92 Å². The molecule has 0 bridgehead atoms. The Kier molecular flexibility index (Phi) is 3.35. The number of nitrogens with zero attached hydrogens (tertiary/aromatic N) is 2. The molecule has 2 heterocycles. The average molecular weight is 268 g/mol.